The molecular weight excluding hydrogens is 383 g/mol. The summed E-state index contributed by atoms with van der Waals surface area (Å²) >= 11 is 1.69. The van der Waals surface area contributed by atoms with Crippen molar-refractivity contribution in [3.8, 4) is 0 Å². The second-order valence-electron chi connectivity index (χ2n) is 6.80. The predicted molar refractivity (Wildman–Crippen MR) is 104 cm³/mol. The molecule has 2 aliphatic rings. The summed E-state index contributed by atoms with van der Waals surface area (Å²) in [6.07, 6.45) is 2.01. The molecule has 0 bridgehead atoms. The van der Waals surface area contributed by atoms with Crippen molar-refractivity contribution in [2.75, 3.05) is 18.5 Å². The second kappa shape index (κ2) is 8.32. The number of nitrogens with one attached hydrogen (secondary N) is 2. The van der Waals surface area contributed by atoms with E-state index in [-0.39, 0.29) is 24.1 Å². The first kappa shape index (κ1) is 18.9. The van der Waals surface area contributed by atoms with Crippen molar-refractivity contribution in [3.63, 3.8) is 0 Å². The van der Waals surface area contributed by atoms with Crippen molar-refractivity contribution < 1.29 is 18.7 Å². The van der Waals surface area contributed by atoms with Crippen LogP contribution in [0, 0.1) is 5.82 Å². The molecule has 2 amide bonds. The van der Waals surface area contributed by atoms with Gasteiger partial charge >= 0.3 is 0 Å². The Labute approximate surface area is 166 Å². The number of halogens is 1. The lowest BCUT2D eigenvalue weighted by atomic mass is 10.2. The van der Waals surface area contributed by atoms with Crippen LogP contribution in [0.4, 0.5) is 10.2 Å². The van der Waals surface area contributed by atoms with Crippen LogP contribution in [0.3, 0.4) is 0 Å². The molecule has 2 N–H and O–H groups in total. The van der Waals surface area contributed by atoms with Crippen molar-refractivity contribution in [3.05, 3.63) is 46.9 Å². The normalized spacial score (nSPS) is 18.1. The van der Waals surface area contributed by atoms with Crippen LogP contribution in [-0.4, -0.2) is 40.9 Å². The molecule has 148 valence electrons. The maximum atomic E-state index is 13.9. The highest BCUT2D eigenvalue weighted by atomic mass is 32.2. The number of amides is 2. The minimum absolute atomic E-state index is 0.0166. The molecule has 1 saturated heterocycles. The first-order valence-corrected chi connectivity index (χ1v) is 10.4. The third-order valence-electron chi connectivity index (χ3n) is 4.81. The van der Waals surface area contributed by atoms with Crippen LogP contribution in [-0.2, 0) is 27.6 Å². The number of thioether (sulfide) groups is 1. The van der Waals surface area contributed by atoms with Gasteiger partial charge in [-0.25, -0.2) is 9.07 Å². The summed E-state index contributed by atoms with van der Waals surface area (Å²) < 4.78 is 20.9. The highest BCUT2D eigenvalue weighted by Crippen LogP contribution is 2.35. The summed E-state index contributed by atoms with van der Waals surface area (Å²) in [5.74, 6) is 0.527. The van der Waals surface area contributed by atoms with Crippen LogP contribution < -0.4 is 10.6 Å². The van der Waals surface area contributed by atoms with E-state index in [9.17, 15) is 14.0 Å². The topological polar surface area (TPSA) is 85.2 Å². The first-order valence-electron chi connectivity index (χ1n) is 9.22. The van der Waals surface area contributed by atoms with E-state index in [2.05, 4.69) is 15.7 Å². The average Bonchev–Trinajstić information content (AvgIpc) is 3.40. The number of carbonyl (C=O) groups is 2. The second-order valence-corrected chi connectivity index (χ2v) is 7.78. The molecule has 28 heavy (non-hydrogen) atoms. The standard InChI is InChI=1S/C19H21FN4O3S/c20-15-6-2-1-5-13(15)19(26)22-18-14-10-28-11-16(14)23-24(18)9-17(25)21-8-12-4-3-7-27-12/h1-2,5-6,12H,3-4,7-11H2,(H,21,25)(H,22,26). The van der Waals surface area contributed by atoms with Gasteiger partial charge in [-0.3, -0.25) is 9.59 Å². The van der Waals surface area contributed by atoms with Crippen molar-refractivity contribution >= 4 is 29.4 Å². The number of nitrogens with zero attached hydrogens (tertiary/aromatic N) is 2. The Balaban J connectivity index is 1.48. The van der Waals surface area contributed by atoms with Gasteiger partial charge in [0.15, 0.2) is 0 Å². The third kappa shape index (κ3) is 4.05. The molecule has 7 nitrogen and oxygen atoms in total. The third-order valence-corrected chi connectivity index (χ3v) is 5.78. The fraction of sp³-hybridized carbons (Fsp3) is 0.421. The molecule has 0 saturated carbocycles. The van der Waals surface area contributed by atoms with E-state index in [4.69, 9.17) is 4.74 Å². The van der Waals surface area contributed by atoms with Gasteiger partial charge in [-0.2, -0.15) is 16.9 Å². The largest absolute Gasteiger partial charge is 0.376 e. The van der Waals surface area contributed by atoms with E-state index >= 15 is 0 Å². The van der Waals surface area contributed by atoms with E-state index in [0.29, 0.717) is 18.1 Å². The molecule has 1 aromatic heterocycles. The Hall–Kier alpha value is -2.39. The molecule has 9 heteroatoms. The summed E-state index contributed by atoms with van der Waals surface area (Å²) in [5, 5.41) is 10.1. The number of fused-ring (bicyclic) bond motifs is 1. The first-order chi connectivity index (χ1) is 13.6. The Morgan fingerprint density at radius 1 is 1.32 bits per heavy atom. The lowest BCUT2D eigenvalue weighted by molar-refractivity contribution is -0.122. The number of anilines is 1. The van der Waals surface area contributed by atoms with Gasteiger partial charge in [0.05, 0.1) is 17.4 Å². The van der Waals surface area contributed by atoms with Crippen molar-refractivity contribution in [2.24, 2.45) is 0 Å². The molecule has 1 unspecified atom stereocenters. The SMILES string of the molecule is O=C(Cn1nc2c(c1NC(=O)c1ccccc1F)CSC2)NCC1CCCO1. The van der Waals surface area contributed by atoms with Crippen LogP contribution >= 0.6 is 11.8 Å². The van der Waals surface area contributed by atoms with Crippen LogP contribution in [0.25, 0.3) is 0 Å². The lowest BCUT2D eigenvalue weighted by Crippen LogP contribution is -2.34. The molecular formula is C19H21FN4O3S. The number of benzene rings is 1. The summed E-state index contributed by atoms with van der Waals surface area (Å²) in [6, 6.07) is 5.80. The Morgan fingerprint density at radius 3 is 2.96 bits per heavy atom. The number of hydrogen-bond donors (Lipinski definition) is 2. The Kier molecular flexibility index (Phi) is 5.63. The van der Waals surface area contributed by atoms with E-state index in [1.165, 1.54) is 22.9 Å². The fourth-order valence-electron chi connectivity index (χ4n) is 3.37. The van der Waals surface area contributed by atoms with Crippen LogP contribution in [0.15, 0.2) is 24.3 Å². The van der Waals surface area contributed by atoms with Gasteiger partial charge in [0.2, 0.25) is 5.91 Å². The molecule has 0 radical (unpaired) electrons. The van der Waals surface area contributed by atoms with Gasteiger partial charge < -0.3 is 15.4 Å². The maximum absolute atomic E-state index is 13.9. The fourth-order valence-corrected chi connectivity index (χ4v) is 4.40. The number of hydrogen-bond acceptors (Lipinski definition) is 5. The van der Waals surface area contributed by atoms with Gasteiger partial charge in [0.1, 0.15) is 18.2 Å². The van der Waals surface area contributed by atoms with E-state index in [1.807, 2.05) is 0 Å². The molecule has 4 rings (SSSR count). The van der Waals surface area contributed by atoms with Crippen molar-refractivity contribution in [1.29, 1.82) is 0 Å². The molecule has 1 atom stereocenters. The van der Waals surface area contributed by atoms with E-state index in [0.717, 1.165) is 36.5 Å². The highest BCUT2D eigenvalue weighted by molar-refractivity contribution is 7.98. The Morgan fingerprint density at radius 2 is 2.18 bits per heavy atom. The van der Waals surface area contributed by atoms with E-state index < -0.39 is 11.7 Å². The van der Waals surface area contributed by atoms with Crippen molar-refractivity contribution in [1.82, 2.24) is 15.1 Å². The van der Waals surface area contributed by atoms with Gasteiger partial charge in [-0.05, 0) is 25.0 Å². The Bertz CT molecular complexity index is 895. The molecule has 2 aromatic rings. The number of ether oxygens (including phenoxy) is 1. The van der Waals surface area contributed by atoms with Crippen molar-refractivity contribution in [2.45, 2.75) is 37.0 Å². The van der Waals surface area contributed by atoms with Crippen LogP contribution in [0.2, 0.25) is 0 Å². The average molecular weight is 404 g/mol. The molecule has 1 fully saturated rings. The summed E-state index contributed by atoms with van der Waals surface area (Å²) in [5.41, 5.74) is 1.69. The summed E-state index contributed by atoms with van der Waals surface area (Å²) in [6.45, 7) is 1.18. The number of aromatic nitrogens is 2. The molecule has 3 heterocycles. The number of rotatable bonds is 6. The quantitative estimate of drug-likeness (QED) is 0.772. The van der Waals surface area contributed by atoms with E-state index in [1.54, 1.807) is 17.8 Å². The maximum Gasteiger partial charge on any atom is 0.259 e. The minimum atomic E-state index is -0.591. The molecule has 0 spiro atoms. The van der Waals surface area contributed by atoms with Gasteiger partial charge in [0.25, 0.3) is 5.91 Å². The zero-order valence-electron chi connectivity index (χ0n) is 15.2. The van der Waals surface area contributed by atoms with Crippen LogP contribution in [0.5, 0.6) is 0 Å². The van der Waals surface area contributed by atoms with Gasteiger partial charge in [-0.1, -0.05) is 12.1 Å². The van der Waals surface area contributed by atoms with Gasteiger partial charge in [-0.15, -0.1) is 0 Å². The summed E-state index contributed by atoms with van der Waals surface area (Å²) in [4.78, 5) is 24.9. The molecule has 0 aliphatic carbocycles. The molecule has 2 aliphatic heterocycles. The highest BCUT2D eigenvalue weighted by Gasteiger charge is 2.26. The predicted octanol–water partition coefficient (Wildman–Crippen LogP) is 2.32. The number of carbonyl (C=O) groups excluding carboxylic acids is 2. The lowest BCUT2D eigenvalue weighted by Gasteiger charge is -2.13. The summed E-state index contributed by atoms with van der Waals surface area (Å²) in [7, 11) is 0. The monoisotopic (exact) mass is 404 g/mol. The molecule has 1 aromatic carbocycles. The zero-order chi connectivity index (χ0) is 19.5. The minimum Gasteiger partial charge on any atom is -0.376 e. The van der Waals surface area contributed by atoms with Gasteiger partial charge in [0, 0.05) is 30.2 Å². The zero-order valence-corrected chi connectivity index (χ0v) is 16.1. The smallest absolute Gasteiger partial charge is 0.259 e. The van der Waals surface area contributed by atoms with Crippen LogP contribution in [0.1, 0.15) is 34.5 Å².